The molecule has 2 aromatic heterocycles. The van der Waals surface area contributed by atoms with Gasteiger partial charge in [-0.25, -0.2) is 4.90 Å². The summed E-state index contributed by atoms with van der Waals surface area (Å²) in [4.78, 5) is 61.7. The first-order chi connectivity index (χ1) is 18.5. The quantitative estimate of drug-likeness (QED) is 0.450. The number of ether oxygens (including phenoxy) is 1. The lowest BCUT2D eigenvalue weighted by Gasteiger charge is -2.31. The zero-order valence-corrected chi connectivity index (χ0v) is 22.4. The third-order valence-electron chi connectivity index (χ3n) is 7.43. The lowest BCUT2D eigenvalue weighted by molar-refractivity contribution is -0.133. The average molecular weight is 551 g/mol. The number of methoxy groups -OCH3 is 1. The van der Waals surface area contributed by atoms with Crippen LogP contribution in [0.2, 0.25) is 0 Å². The Balaban J connectivity index is 1.41. The number of nitrogens with zero attached hydrogens (tertiary/aromatic N) is 4. The molecule has 0 radical (unpaired) electrons. The number of thiazole rings is 1. The molecule has 5 heterocycles. The number of thioether (sulfide) groups is 1. The maximum Gasteiger partial charge on any atom is 0.308 e. The molecule has 2 unspecified atom stereocenters. The number of carbonyl (C=O) groups excluding carboxylic acids is 3. The zero-order chi connectivity index (χ0) is 26.4. The largest absolute Gasteiger partial charge is 0.497 e. The van der Waals surface area contributed by atoms with Crippen molar-refractivity contribution in [2.45, 2.75) is 42.0 Å². The molecule has 0 N–H and O–H groups in total. The van der Waals surface area contributed by atoms with Crippen molar-refractivity contribution in [3.8, 4) is 5.75 Å². The number of rotatable bonds is 5. The fourth-order valence-corrected chi connectivity index (χ4v) is 8.31. The second-order valence-corrected chi connectivity index (χ2v) is 11.7. The molecule has 3 atom stereocenters. The van der Waals surface area contributed by atoms with E-state index < -0.39 is 17.1 Å². The summed E-state index contributed by atoms with van der Waals surface area (Å²) in [5, 5.41) is -0.133. The van der Waals surface area contributed by atoms with Crippen molar-refractivity contribution in [3.05, 3.63) is 68.9 Å². The van der Waals surface area contributed by atoms with Crippen LogP contribution in [0.15, 0.2) is 58.6 Å². The van der Waals surface area contributed by atoms with E-state index in [2.05, 4.69) is 4.98 Å². The van der Waals surface area contributed by atoms with Gasteiger partial charge in [-0.2, -0.15) is 0 Å². The summed E-state index contributed by atoms with van der Waals surface area (Å²) in [5.74, 6) is -1.33. The highest BCUT2D eigenvalue weighted by Gasteiger charge is 2.57. The van der Waals surface area contributed by atoms with Crippen LogP contribution in [0.1, 0.15) is 35.6 Å². The van der Waals surface area contributed by atoms with Gasteiger partial charge in [-0.05, 0) is 55.2 Å². The van der Waals surface area contributed by atoms with Crippen LogP contribution in [0.3, 0.4) is 0 Å². The molecule has 1 aromatic carbocycles. The Kier molecular flexibility index (Phi) is 6.56. The topological polar surface area (TPSA) is 102 Å². The minimum Gasteiger partial charge on any atom is -0.497 e. The molecule has 196 valence electrons. The molecule has 0 bridgehead atoms. The predicted octanol–water partition coefficient (Wildman–Crippen LogP) is 3.12. The molecule has 38 heavy (non-hydrogen) atoms. The molecule has 0 aliphatic carbocycles. The Hall–Kier alpha value is -3.44. The van der Waals surface area contributed by atoms with Gasteiger partial charge in [0.2, 0.25) is 17.7 Å². The van der Waals surface area contributed by atoms with Gasteiger partial charge in [-0.3, -0.25) is 28.7 Å². The van der Waals surface area contributed by atoms with Crippen LogP contribution in [0.5, 0.6) is 5.75 Å². The van der Waals surface area contributed by atoms with Gasteiger partial charge in [0.1, 0.15) is 17.5 Å². The van der Waals surface area contributed by atoms with E-state index in [9.17, 15) is 19.2 Å². The van der Waals surface area contributed by atoms with Crippen molar-refractivity contribution in [1.29, 1.82) is 0 Å². The van der Waals surface area contributed by atoms with Gasteiger partial charge >= 0.3 is 4.87 Å². The lowest BCUT2D eigenvalue weighted by Crippen LogP contribution is -2.39. The molecule has 2 saturated heterocycles. The summed E-state index contributed by atoms with van der Waals surface area (Å²) in [5.41, 5.74) is 1.24. The van der Waals surface area contributed by atoms with Crippen LogP contribution in [0.4, 0.5) is 5.69 Å². The Morgan fingerprint density at radius 3 is 2.50 bits per heavy atom. The first-order valence-electron chi connectivity index (χ1n) is 12.6. The van der Waals surface area contributed by atoms with E-state index in [4.69, 9.17) is 4.74 Å². The van der Waals surface area contributed by atoms with Gasteiger partial charge < -0.3 is 9.64 Å². The standard InChI is InChI=1S/C27H26N4O5S2/c1-36-18-9-7-17(8-10-18)31-24(33)21-20(16-6-5-11-28-14-16)23-26(37-22(21)25(31)34)30(27(35)38-23)15-19(32)29-12-3-2-4-13-29/h5-11,14,20-22H,2-4,12-13,15H2,1H3/t20-,21?,22?/m1/s1. The monoisotopic (exact) mass is 550 g/mol. The smallest absolute Gasteiger partial charge is 0.308 e. The Bertz CT molecular complexity index is 1450. The molecule has 3 aromatic rings. The van der Waals surface area contributed by atoms with Crippen LogP contribution in [-0.2, 0) is 20.9 Å². The zero-order valence-electron chi connectivity index (χ0n) is 20.7. The molecule has 3 aliphatic heterocycles. The number of amides is 3. The molecule has 0 spiro atoms. The number of pyridine rings is 1. The Labute approximate surface area is 227 Å². The molecule has 0 saturated carbocycles. The van der Waals surface area contributed by atoms with Crippen LogP contribution in [-0.4, -0.2) is 57.6 Å². The van der Waals surface area contributed by atoms with Crippen LogP contribution in [0.25, 0.3) is 0 Å². The first-order valence-corrected chi connectivity index (χ1v) is 14.3. The molecule has 6 rings (SSSR count). The van der Waals surface area contributed by atoms with E-state index in [0.717, 1.165) is 36.2 Å². The summed E-state index contributed by atoms with van der Waals surface area (Å²) in [7, 11) is 1.55. The molecular formula is C27H26N4O5S2. The van der Waals surface area contributed by atoms with Crippen molar-refractivity contribution in [2.75, 3.05) is 25.1 Å². The number of aromatic nitrogens is 2. The van der Waals surface area contributed by atoms with Gasteiger partial charge in [0.05, 0.1) is 23.7 Å². The number of anilines is 1. The van der Waals surface area contributed by atoms with Crippen LogP contribution >= 0.6 is 23.1 Å². The molecule has 11 heteroatoms. The number of fused-ring (bicyclic) bond motifs is 2. The van der Waals surface area contributed by atoms with E-state index in [0.29, 0.717) is 34.4 Å². The fraction of sp³-hybridized carbons (Fsp3) is 0.370. The number of piperidine rings is 1. The second kappa shape index (κ2) is 10.0. The minimum absolute atomic E-state index is 0.0703. The molecule has 3 aliphatic rings. The van der Waals surface area contributed by atoms with Crippen molar-refractivity contribution in [3.63, 3.8) is 0 Å². The van der Waals surface area contributed by atoms with Crippen LogP contribution < -0.4 is 14.5 Å². The summed E-state index contributed by atoms with van der Waals surface area (Å²) in [6, 6.07) is 10.5. The highest BCUT2D eigenvalue weighted by atomic mass is 32.2. The first kappa shape index (κ1) is 24.9. The van der Waals surface area contributed by atoms with Crippen LogP contribution in [0, 0.1) is 5.92 Å². The number of carbonyl (C=O) groups is 3. The van der Waals surface area contributed by atoms with Crippen molar-refractivity contribution < 1.29 is 19.1 Å². The predicted molar refractivity (Wildman–Crippen MR) is 144 cm³/mol. The summed E-state index contributed by atoms with van der Waals surface area (Å²) in [6.45, 7) is 1.32. The Morgan fingerprint density at radius 1 is 1.05 bits per heavy atom. The third kappa shape index (κ3) is 4.14. The Morgan fingerprint density at radius 2 is 1.82 bits per heavy atom. The van der Waals surface area contributed by atoms with E-state index in [1.54, 1.807) is 49.8 Å². The number of hydrogen-bond donors (Lipinski definition) is 0. The van der Waals surface area contributed by atoms with Crippen molar-refractivity contribution in [2.24, 2.45) is 5.92 Å². The van der Waals surface area contributed by atoms with Gasteiger partial charge in [0.25, 0.3) is 0 Å². The highest BCUT2D eigenvalue weighted by molar-refractivity contribution is 8.00. The van der Waals surface area contributed by atoms with E-state index in [1.165, 1.54) is 21.2 Å². The fourth-order valence-electron chi connectivity index (χ4n) is 5.54. The molecule has 2 fully saturated rings. The number of imide groups is 1. The van der Waals surface area contributed by atoms with Gasteiger partial charge in [0, 0.05) is 36.3 Å². The third-order valence-corrected chi connectivity index (χ3v) is 10.0. The summed E-state index contributed by atoms with van der Waals surface area (Å²) in [6.07, 6.45) is 6.35. The van der Waals surface area contributed by atoms with Crippen molar-refractivity contribution >= 4 is 46.5 Å². The van der Waals surface area contributed by atoms with Gasteiger partial charge in [0.15, 0.2) is 0 Å². The highest BCUT2D eigenvalue weighted by Crippen LogP contribution is 2.53. The maximum absolute atomic E-state index is 13.9. The van der Waals surface area contributed by atoms with Crippen molar-refractivity contribution in [1.82, 2.24) is 14.5 Å². The summed E-state index contributed by atoms with van der Waals surface area (Å²) < 4.78 is 6.72. The summed E-state index contributed by atoms with van der Waals surface area (Å²) >= 11 is 2.28. The molecule has 9 nitrogen and oxygen atoms in total. The number of likely N-dealkylation sites (tertiary alicyclic amines) is 1. The van der Waals surface area contributed by atoms with Gasteiger partial charge in [-0.15, -0.1) is 0 Å². The molecule has 3 amide bonds. The molecular weight excluding hydrogens is 524 g/mol. The maximum atomic E-state index is 13.9. The second-order valence-electron chi connectivity index (χ2n) is 9.60. The minimum atomic E-state index is -0.729. The van der Waals surface area contributed by atoms with Gasteiger partial charge in [-0.1, -0.05) is 29.2 Å². The average Bonchev–Trinajstić information content (AvgIpc) is 3.40. The van der Waals surface area contributed by atoms with E-state index >= 15 is 0 Å². The number of hydrogen-bond acceptors (Lipinski definition) is 8. The van der Waals surface area contributed by atoms with E-state index in [1.807, 2.05) is 11.0 Å². The lowest BCUT2D eigenvalue weighted by atomic mass is 9.84. The van der Waals surface area contributed by atoms with E-state index in [-0.39, 0.29) is 29.1 Å². The SMILES string of the molecule is COc1ccc(N2C(=O)C3Sc4c(sc(=O)n4CC(=O)N4CCCCC4)[C@H](c4cccnc4)C3C2=O)cc1. The number of benzene rings is 1. The normalized spacial score (nSPS) is 22.8.